The van der Waals surface area contributed by atoms with Crippen molar-refractivity contribution in [2.75, 3.05) is 39.3 Å². The number of methoxy groups -OCH3 is 1. The van der Waals surface area contributed by atoms with Crippen molar-refractivity contribution in [3.05, 3.63) is 0 Å². The Morgan fingerprint density at radius 3 is 2.62 bits per heavy atom. The van der Waals surface area contributed by atoms with Gasteiger partial charge in [-0.05, 0) is 6.92 Å². The molecule has 5 heteroatoms. The van der Waals surface area contributed by atoms with Crippen LogP contribution in [0, 0.1) is 0 Å². The molecule has 4 nitrogen and oxygen atoms in total. The molecule has 0 aliphatic rings. The number of nitrogens with zero attached hydrogens (tertiary/aromatic N) is 1. The van der Waals surface area contributed by atoms with Gasteiger partial charge in [0.2, 0.25) is 0 Å². The Balaban J connectivity index is 3.53. The normalized spacial score (nSPS) is 9.77. The molecule has 0 aromatic carbocycles. The Morgan fingerprint density at radius 1 is 1.46 bits per heavy atom. The number of carbonyl (C=O) groups is 1. The molecular weight excluding hydrogens is 194 g/mol. The number of carbonyl (C=O) groups excluding carboxylic acids is 1. The van der Waals surface area contributed by atoms with Gasteiger partial charge < -0.3 is 14.4 Å². The summed E-state index contributed by atoms with van der Waals surface area (Å²) in [5, 5.41) is 0. The molecule has 0 N–H and O–H groups in total. The van der Waals surface area contributed by atoms with Crippen molar-refractivity contribution < 1.29 is 14.3 Å². The van der Waals surface area contributed by atoms with Gasteiger partial charge in [0.15, 0.2) is 0 Å². The summed E-state index contributed by atoms with van der Waals surface area (Å²) < 4.78 is 9.69. The summed E-state index contributed by atoms with van der Waals surface area (Å²) in [6.07, 6.45) is -0.322. The van der Waals surface area contributed by atoms with Crippen LogP contribution in [0.25, 0.3) is 0 Å². The molecule has 0 aromatic heterocycles. The average Bonchev–Trinajstić information content (AvgIpc) is 2.17. The molecule has 0 saturated heterocycles. The third-order valence-corrected chi connectivity index (χ3v) is 1.70. The van der Waals surface area contributed by atoms with Crippen molar-refractivity contribution in [2.24, 2.45) is 0 Å². The molecule has 0 fully saturated rings. The monoisotopic (exact) mass is 209 g/mol. The van der Waals surface area contributed by atoms with Gasteiger partial charge in [0.05, 0.1) is 20.3 Å². The summed E-state index contributed by atoms with van der Waals surface area (Å²) in [6.45, 7) is 4.06. The van der Waals surface area contributed by atoms with E-state index in [-0.39, 0.29) is 6.09 Å². The van der Waals surface area contributed by atoms with Crippen molar-refractivity contribution in [1.29, 1.82) is 0 Å². The van der Waals surface area contributed by atoms with Crippen LogP contribution in [-0.2, 0) is 9.47 Å². The second kappa shape index (κ2) is 8.13. The smallest absolute Gasteiger partial charge is 0.409 e. The minimum atomic E-state index is -0.322. The lowest BCUT2D eigenvalue weighted by Gasteiger charge is -2.18. The van der Waals surface area contributed by atoms with E-state index in [1.165, 1.54) is 7.11 Å². The Labute approximate surface area is 83.7 Å². The molecule has 0 aromatic rings. The van der Waals surface area contributed by atoms with Crippen LogP contribution in [0.5, 0.6) is 0 Å². The van der Waals surface area contributed by atoms with E-state index in [1.54, 1.807) is 4.90 Å². The largest absolute Gasteiger partial charge is 0.453 e. The van der Waals surface area contributed by atoms with Gasteiger partial charge in [-0.3, -0.25) is 0 Å². The van der Waals surface area contributed by atoms with Crippen molar-refractivity contribution in [2.45, 2.75) is 6.92 Å². The Kier molecular flexibility index (Phi) is 7.83. The van der Waals surface area contributed by atoms with Gasteiger partial charge in [-0.25, -0.2) is 4.79 Å². The van der Waals surface area contributed by atoms with Crippen LogP contribution in [0.4, 0.5) is 4.79 Å². The van der Waals surface area contributed by atoms with Crippen LogP contribution in [0.2, 0.25) is 0 Å². The maximum Gasteiger partial charge on any atom is 0.409 e. The predicted molar refractivity (Wildman–Crippen MR) is 51.2 cm³/mol. The number of amides is 1. The molecule has 0 aliphatic heterocycles. The molecule has 0 saturated carbocycles. The van der Waals surface area contributed by atoms with E-state index in [0.29, 0.717) is 32.2 Å². The lowest BCUT2D eigenvalue weighted by Crippen LogP contribution is -2.33. The van der Waals surface area contributed by atoms with Crippen LogP contribution >= 0.6 is 11.6 Å². The average molecular weight is 210 g/mol. The van der Waals surface area contributed by atoms with Gasteiger partial charge >= 0.3 is 6.09 Å². The van der Waals surface area contributed by atoms with E-state index in [0.717, 1.165) is 0 Å². The summed E-state index contributed by atoms with van der Waals surface area (Å²) in [4.78, 5) is 12.6. The first kappa shape index (κ1) is 12.5. The van der Waals surface area contributed by atoms with E-state index in [2.05, 4.69) is 4.74 Å². The molecule has 13 heavy (non-hydrogen) atoms. The number of hydrogen-bond acceptors (Lipinski definition) is 3. The van der Waals surface area contributed by atoms with Crippen LogP contribution in [0.15, 0.2) is 0 Å². The number of likely N-dealkylation sites (N-methyl/N-ethyl adjacent to an activating group) is 1. The van der Waals surface area contributed by atoms with Gasteiger partial charge in [0.1, 0.15) is 0 Å². The first-order chi connectivity index (χ1) is 6.26. The van der Waals surface area contributed by atoms with Gasteiger partial charge in [-0.2, -0.15) is 0 Å². The van der Waals surface area contributed by atoms with Crippen LogP contribution in [-0.4, -0.2) is 50.3 Å². The Morgan fingerprint density at radius 2 is 2.15 bits per heavy atom. The topological polar surface area (TPSA) is 38.8 Å². The highest BCUT2D eigenvalue weighted by Gasteiger charge is 2.09. The minimum Gasteiger partial charge on any atom is -0.453 e. The summed E-state index contributed by atoms with van der Waals surface area (Å²) in [5.41, 5.74) is 0. The second-order valence-corrected chi connectivity index (χ2v) is 2.73. The maximum atomic E-state index is 11.0. The Bertz CT molecular complexity index is 143. The SMILES string of the molecule is CCN(CCOCCCl)C(=O)OC. The highest BCUT2D eigenvalue weighted by Crippen LogP contribution is 1.92. The zero-order chi connectivity index (χ0) is 10.1. The third-order valence-electron chi connectivity index (χ3n) is 1.54. The molecule has 0 bridgehead atoms. The number of halogens is 1. The summed E-state index contributed by atoms with van der Waals surface area (Å²) >= 11 is 5.41. The van der Waals surface area contributed by atoms with E-state index in [1.807, 2.05) is 6.92 Å². The molecule has 0 heterocycles. The lowest BCUT2D eigenvalue weighted by molar-refractivity contribution is 0.0931. The number of ether oxygens (including phenoxy) is 2. The highest BCUT2D eigenvalue weighted by molar-refractivity contribution is 6.17. The molecule has 0 spiro atoms. The molecule has 0 atom stereocenters. The fourth-order valence-corrected chi connectivity index (χ4v) is 0.948. The van der Waals surface area contributed by atoms with Crippen molar-refractivity contribution in [3.8, 4) is 0 Å². The molecular formula is C8H16ClNO3. The number of rotatable bonds is 6. The van der Waals surface area contributed by atoms with Crippen molar-refractivity contribution >= 4 is 17.7 Å². The summed E-state index contributed by atoms with van der Waals surface area (Å²) in [5.74, 6) is 0.477. The minimum absolute atomic E-state index is 0.322. The lowest BCUT2D eigenvalue weighted by atomic mass is 10.5. The van der Waals surface area contributed by atoms with Gasteiger partial charge in [-0.1, -0.05) is 0 Å². The van der Waals surface area contributed by atoms with Crippen LogP contribution < -0.4 is 0 Å². The zero-order valence-corrected chi connectivity index (χ0v) is 8.84. The molecule has 0 aliphatic carbocycles. The van der Waals surface area contributed by atoms with E-state index >= 15 is 0 Å². The van der Waals surface area contributed by atoms with E-state index in [4.69, 9.17) is 16.3 Å². The first-order valence-corrected chi connectivity index (χ1v) is 4.76. The quantitative estimate of drug-likeness (QED) is 0.490. The predicted octanol–water partition coefficient (Wildman–Crippen LogP) is 1.33. The summed E-state index contributed by atoms with van der Waals surface area (Å²) in [6, 6.07) is 0. The van der Waals surface area contributed by atoms with Gasteiger partial charge in [-0.15, -0.1) is 11.6 Å². The van der Waals surface area contributed by atoms with Crippen molar-refractivity contribution in [1.82, 2.24) is 4.90 Å². The summed E-state index contributed by atoms with van der Waals surface area (Å²) in [7, 11) is 1.37. The van der Waals surface area contributed by atoms with Crippen molar-refractivity contribution in [3.63, 3.8) is 0 Å². The molecule has 0 radical (unpaired) electrons. The highest BCUT2D eigenvalue weighted by atomic mass is 35.5. The number of alkyl halides is 1. The molecule has 78 valence electrons. The molecule has 1 amide bonds. The van der Waals surface area contributed by atoms with Gasteiger partial charge in [0, 0.05) is 19.0 Å². The molecule has 0 unspecified atom stereocenters. The second-order valence-electron chi connectivity index (χ2n) is 2.35. The third kappa shape index (κ3) is 5.71. The first-order valence-electron chi connectivity index (χ1n) is 4.22. The van der Waals surface area contributed by atoms with E-state index in [9.17, 15) is 4.79 Å². The van der Waals surface area contributed by atoms with Crippen LogP contribution in [0.1, 0.15) is 6.92 Å². The Hall–Kier alpha value is -0.480. The fraction of sp³-hybridized carbons (Fsp3) is 0.875. The zero-order valence-electron chi connectivity index (χ0n) is 8.09. The molecule has 0 rings (SSSR count). The fourth-order valence-electron chi connectivity index (χ4n) is 0.839. The van der Waals surface area contributed by atoms with E-state index < -0.39 is 0 Å². The standard InChI is InChI=1S/C8H16ClNO3/c1-3-10(8(11)12-2)5-7-13-6-4-9/h3-7H2,1-2H3. The maximum absolute atomic E-state index is 11.0. The van der Waals surface area contributed by atoms with Crippen LogP contribution in [0.3, 0.4) is 0 Å². The number of hydrogen-bond donors (Lipinski definition) is 0. The van der Waals surface area contributed by atoms with Gasteiger partial charge in [0.25, 0.3) is 0 Å².